The Kier molecular flexibility index (Phi) is 9.80. The van der Waals surface area contributed by atoms with Crippen LogP contribution < -0.4 is 9.62 Å². The third-order valence-electron chi connectivity index (χ3n) is 6.19. The van der Waals surface area contributed by atoms with Crippen LogP contribution in [0.25, 0.3) is 0 Å². The third-order valence-corrected chi connectivity index (χ3v) is 8.22. The van der Waals surface area contributed by atoms with Gasteiger partial charge >= 0.3 is 0 Å². The molecule has 3 rings (SSSR count). The number of halogens is 1. The molecule has 0 aromatic heterocycles. The number of nitrogens with one attached hydrogen (secondary N) is 1. The van der Waals surface area contributed by atoms with E-state index in [2.05, 4.69) is 5.32 Å². The highest BCUT2D eigenvalue weighted by Crippen LogP contribution is 2.27. The summed E-state index contributed by atoms with van der Waals surface area (Å²) in [5.74, 6) is -0.805. The minimum absolute atomic E-state index is 0.0424. The zero-order valence-corrected chi connectivity index (χ0v) is 24.6. The quantitative estimate of drug-likeness (QED) is 0.346. The SMILES string of the molecule is CC[C@H](C(=O)NC(C)(C)C)N(Cc1ccccc1C)C(=O)CN(c1cccc(Cl)c1)S(=O)(=O)c1ccccc1. The van der Waals surface area contributed by atoms with Gasteiger partial charge in [-0.2, -0.15) is 0 Å². The summed E-state index contributed by atoms with van der Waals surface area (Å²) in [4.78, 5) is 29.0. The number of nitrogens with zero attached hydrogens (tertiary/aromatic N) is 2. The number of amides is 2. The van der Waals surface area contributed by atoms with E-state index in [4.69, 9.17) is 11.6 Å². The maximum absolute atomic E-state index is 14.1. The van der Waals surface area contributed by atoms with Crippen molar-refractivity contribution in [1.29, 1.82) is 0 Å². The second-order valence-corrected chi connectivity index (χ2v) is 12.7. The summed E-state index contributed by atoms with van der Waals surface area (Å²) >= 11 is 6.22. The molecule has 39 heavy (non-hydrogen) atoms. The van der Waals surface area contributed by atoms with Crippen LogP contribution in [0.5, 0.6) is 0 Å². The fourth-order valence-corrected chi connectivity index (χ4v) is 5.83. The van der Waals surface area contributed by atoms with Gasteiger partial charge in [0.05, 0.1) is 10.6 Å². The van der Waals surface area contributed by atoms with E-state index < -0.39 is 34.1 Å². The largest absolute Gasteiger partial charge is 0.350 e. The van der Waals surface area contributed by atoms with E-state index in [-0.39, 0.29) is 23.0 Å². The molecule has 208 valence electrons. The van der Waals surface area contributed by atoms with Gasteiger partial charge in [-0.1, -0.05) is 67.1 Å². The summed E-state index contributed by atoms with van der Waals surface area (Å²) in [5, 5.41) is 3.31. The van der Waals surface area contributed by atoms with Crippen molar-refractivity contribution in [2.24, 2.45) is 0 Å². The number of aryl methyl sites for hydroxylation is 1. The minimum atomic E-state index is -4.14. The molecule has 0 aliphatic carbocycles. The lowest BCUT2D eigenvalue weighted by Crippen LogP contribution is -2.55. The summed E-state index contributed by atoms with van der Waals surface area (Å²) in [6.45, 7) is 9.03. The second kappa shape index (κ2) is 12.7. The van der Waals surface area contributed by atoms with Gasteiger partial charge in [0, 0.05) is 17.1 Å². The molecule has 0 heterocycles. The Bertz CT molecular complexity index is 1400. The summed E-state index contributed by atoms with van der Waals surface area (Å²) in [6, 6.07) is 21.1. The molecule has 3 aromatic carbocycles. The molecule has 0 saturated heterocycles. The van der Waals surface area contributed by atoms with Gasteiger partial charge in [0.1, 0.15) is 12.6 Å². The summed E-state index contributed by atoms with van der Waals surface area (Å²) in [5.41, 5.74) is 1.58. The van der Waals surface area contributed by atoms with Crippen molar-refractivity contribution in [2.75, 3.05) is 10.8 Å². The number of rotatable bonds is 10. The number of carbonyl (C=O) groups excluding carboxylic acids is 2. The molecule has 0 saturated carbocycles. The maximum atomic E-state index is 14.1. The lowest BCUT2D eigenvalue weighted by molar-refractivity contribution is -0.141. The molecular weight excluding hydrogens is 534 g/mol. The number of sulfonamides is 1. The van der Waals surface area contributed by atoms with Crippen LogP contribution in [-0.2, 0) is 26.2 Å². The number of hydrogen-bond donors (Lipinski definition) is 1. The normalized spacial score (nSPS) is 12.5. The minimum Gasteiger partial charge on any atom is -0.350 e. The standard InChI is InChI=1S/C30H36ClN3O4S/c1-6-27(29(36)32-30(3,4)5)33(20-23-14-11-10-13-22(23)2)28(35)21-34(25-16-12-15-24(31)19-25)39(37,38)26-17-8-7-9-18-26/h7-19,27H,6,20-21H2,1-5H3,(H,32,36)/t27-/m1/s1. The van der Waals surface area contributed by atoms with E-state index in [1.807, 2.05) is 58.9 Å². The van der Waals surface area contributed by atoms with E-state index >= 15 is 0 Å². The Labute approximate surface area is 236 Å². The Morgan fingerprint density at radius 1 is 0.949 bits per heavy atom. The Hall–Kier alpha value is -3.36. The highest BCUT2D eigenvalue weighted by atomic mass is 35.5. The molecule has 0 spiro atoms. The van der Waals surface area contributed by atoms with Crippen molar-refractivity contribution in [2.45, 2.75) is 64.1 Å². The van der Waals surface area contributed by atoms with E-state index in [9.17, 15) is 18.0 Å². The molecule has 1 N–H and O–H groups in total. The zero-order valence-electron chi connectivity index (χ0n) is 23.0. The van der Waals surface area contributed by atoms with Crippen LogP contribution in [0.4, 0.5) is 5.69 Å². The first-order valence-corrected chi connectivity index (χ1v) is 14.6. The topological polar surface area (TPSA) is 86.8 Å². The van der Waals surface area contributed by atoms with E-state index in [0.717, 1.165) is 15.4 Å². The predicted molar refractivity (Wildman–Crippen MR) is 156 cm³/mol. The van der Waals surface area contributed by atoms with Crippen LogP contribution in [0.15, 0.2) is 83.8 Å². The number of carbonyl (C=O) groups is 2. The van der Waals surface area contributed by atoms with Gasteiger partial charge in [0.2, 0.25) is 11.8 Å². The van der Waals surface area contributed by atoms with E-state index in [0.29, 0.717) is 11.4 Å². The lowest BCUT2D eigenvalue weighted by Gasteiger charge is -2.35. The van der Waals surface area contributed by atoms with Crippen molar-refractivity contribution in [3.63, 3.8) is 0 Å². The molecule has 0 aliphatic rings. The van der Waals surface area contributed by atoms with Crippen LogP contribution in [-0.4, -0.2) is 43.3 Å². The fourth-order valence-electron chi connectivity index (χ4n) is 4.22. The molecule has 3 aromatic rings. The molecule has 0 unspecified atom stereocenters. The second-order valence-electron chi connectivity index (χ2n) is 10.4. The first-order chi connectivity index (χ1) is 18.3. The molecular formula is C30H36ClN3O4S. The van der Waals surface area contributed by atoms with Gasteiger partial charge in [-0.15, -0.1) is 0 Å². The molecule has 2 amide bonds. The number of anilines is 1. The smallest absolute Gasteiger partial charge is 0.264 e. The molecule has 7 nitrogen and oxygen atoms in total. The monoisotopic (exact) mass is 569 g/mol. The average Bonchev–Trinajstić information content (AvgIpc) is 2.87. The van der Waals surface area contributed by atoms with Crippen LogP contribution >= 0.6 is 11.6 Å². The van der Waals surface area contributed by atoms with Crippen molar-refractivity contribution < 1.29 is 18.0 Å². The predicted octanol–water partition coefficient (Wildman–Crippen LogP) is 5.57. The average molecular weight is 570 g/mol. The Morgan fingerprint density at radius 2 is 1.59 bits per heavy atom. The summed E-state index contributed by atoms with van der Waals surface area (Å²) < 4.78 is 28.7. The summed E-state index contributed by atoms with van der Waals surface area (Å²) in [6.07, 6.45) is 0.349. The van der Waals surface area contributed by atoms with Crippen molar-refractivity contribution >= 4 is 39.1 Å². The highest BCUT2D eigenvalue weighted by Gasteiger charge is 2.34. The molecule has 0 radical (unpaired) electrons. The van der Waals surface area contributed by atoms with Crippen LogP contribution in [0.2, 0.25) is 5.02 Å². The van der Waals surface area contributed by atoms with Crippen molar-refractivity contribution in [3.8, 4) is 0 Å². The third kappa shape index (κ3) is 7.83. The first-order valence-electron chi connectivity index (χ1n) is 12.8. The van der Waals surface area contributed by atoms with Gasteiger partial charge in [0.25, 0.3) is 10.0 Å². The van der Waals surface area contributed by atoms with Crippen LogP contribution in [0.3, 0.4) is 0 Å². The molecule has 9 heteroatoms. The maximum Gasteiger partial charge on any atom is 0.264 e. The van der Waals surface area contributed by atoms with Gasteiger partial charge in [0.15, 0.2) is 0 Å². The summed E-state index contributed by atoms with van der Waals surface area (Å²) in [7, 11) is -4.14. The first kappa shape index (κ1) is 30.2. The van der Waals surface area contributed by atoms with Crippen LogP contribution in [0.1, 0.15) is 45.2 Å². The fraction of sp³-hybridized carbons (Fsp3) is 0.333. The Morgan fingerprint density at radius 3 is 2.18 bits per heavy atom. The number of hydrogen-bond acceptors (Lipinski definition) is 4. The van der Waals surface area contributed by atoms with Crippen molar-refractivity contribution in [3.05, 3.63) is 95.0 Å². The lowest BCUT2D eigenvalue weighted by atomic mass is 10.0. The molecule has 1 atom stereocenters. The molecule has 0 aliphatic heterocycles. The molecule has 0 bridgehead atoms. The zero-order chi connectivity index (χ0) is 28.8. The van der Waals surface area contributed by atoms with E-state index in [1.165, 1.54) is 23.1 Å². The van der Waals surface area contributed by atoms with E-state index in [1.54, 1.807) is 36.4 Å². The Balaban J connectivity index is 2.08. The molecule has 0 fully saturated rings. The van der Waals surface area contributed by atoms with Crippen molar-refractivity contribution in [1.82, 2.24) is 10.2 Å². The van der Waals surface area contributed by atoms with Gasteiger partial charge in [-0.3, -0.25) is 13.9 Å². The van der Waals surface area contributed by atoms with Crippen LogP contribution in [0, 0.1) is 6.92 Å². The highest BCUT2D eigenvalue weighted by molar-refractivity contribution is 7.92. The van der Waals surface area contributed by atoms with Gasteiger partial charge in [-0.25, -0.2) is 8.42 Å². The number of benzene rings is 3. The van der Waals surface area contributed by atoms with Gasteiger partial charge < -0.3 is 10.2 Å². The van der Waals surface area contributed by atoms with Gasteiger partial charge in [-0.05, 0) is 75.6 Å².